The molecule has 0 aliphatic carbocycles. The molecule has 0 radical (unpaired) electrons. The van der Waals surface area contributed by atoms with Gasteiger partial charge < -0.3 is 26.7 Å². The van der Waals surface area contributed by atoms with Crippen molar-refractivity contribution in [2.45, 2.75) is 0 Å². The number of aromatic amines is 1. The quantitative estimate of drug-likeness (QED) is 0.144. The zero-order valence-corrected chi connectivity index (χ0v) is 14.2. The van der Waals surface area contributed by atoms with Crippen LogP contribution >= 0.6 is 0 Å². The van der Waals surface area contributed by atoms with Gasteiger partial charge in [-0.1, -0.05) is 12.1 Å². The average molecular weight is 359 g/mol. The Balaban J connectivity index is 1.87. The zero-order valence-electron chi connectivity index (χ0n) is 14.2. The molecular weight excluding hydrogens is 342 g/mol. The molecule has 0 aliphatic heterocycles. The molecule has 8 N–H and O–H groups in total. The van der Waals surface area contributed by atoms with E-state index in [9.17, 15) is 10.2 Å². The number of aromatic hydroxyl groups is 2. The number of phenols is 2. The summed E-state index contributed by atoms with van der Waals surface area (Å²) in [5.41, 5.74) is 15.2. The maximum absolute atomic E-state index is 10.8. The maximum Gasteiger partial charge on any atom is 0.142 e. The van der Waals surface area contributed by atoms with Crippen molar-refractivity contribution in [3.63, 3.8) is 0 Å². The van der Waals surface area contributed by atoms with Crippen LogP contribution in [0.3, 0.4) is 0 Å². The van der Waals surface area contributed by atoms with Gasteiger partial charge in [-0.05, 0) is 42.5 Å². The summed E-state index contributed by atoms with van der Waals surface area (Å²) in [6, 6.07) is 15.1. The number of hydrogen-bond acceptors (Lipinski definition) is 5. The second-order valence-corrected chi connectivity index (χ2v) is 6.21. The molecule has 4 aromatic rings. The second kappa shape index (κ2) is 6.06. The van der Waals surface area contributed by atoms with Crippen LogP contribution in [0.4, 0.5) is 5.69 Å². The lowest BCUT2D eigenvalue weighted by Gasteiger charge is -2.10. The minimum Gasteiger partial charge on any atom is -0.507 e. The van der Waals surface area contributed by atoms with Crippen molar-refractivity contribution < 1.29 is 10.2 Å². The molecule has 0 fully saturated rings. The average Bonchev–Trinajstić information content (AvgIpc) is 3.07. The Bertz CT molecular complexity index is 1200. The molecule has 4 rings (SSSR count). The summed E-state index contributed by atoms with van der Waals surface area (Å²) in [5, 5.41) is 28.5. The largest absolute Gasteiger partial charge is 0.507 e. The van der Waals surface area contributed by atoms with E-state index in [0.29, 0.717) is 44.8 Å². The molecule has 0 spiro atoms. The van der Waals surface area contributed by atoms with E-state index in [1.807, 2.05) is 0 Å². The van der Waals surface area contributed by atoms with Crippen LogP contribution in [0.25, 0.3) is 33.5 Å². The van der Waals surface area contributed by atoms with Crippen LogP contribution in [0.5, 0.6) is 11.5 Å². The van der Waals surface area contributed by atoms with Gasteiger partial charge in [0.15, 0.2) is 0 Å². The van der Waals surface area contributed by atoms with Crippen molar-refractivity contribution in [2.75, 3.05) is 5.73 Å². The van der Waals surface area contributed by atoms with Crippen LogP contribution in [0.1, 0.15) is 5.56 Å². The smallest absolute Gasteiger partial charge is 0.142 e. The standard InChI is InChI=1S/C20H17N5O2/c21-11-5-7-17(26)14(9-11)12-2-1-3-13(18(12)27)20-24-15-6-4-10(19(22)23)8-16(15)25-20/h1-9,26-27H,21H2,(H3,22,23)(H,24,25). The van der Waals surface area contributed by atoms with E-state index in [1.54, 1.807) is 48.5 Å². The van der Waals surface area contributed by atoms with Crippen molar-refractivity contribution >= 4 is 22.6 Å². The fraction of sp³-hybridized carbons (Fsp3) is 0. The number of benzene rings is 3. The molecule has 3 aromatic carbocycles. The van der Waals surface area contributed by atoms with E-state index >= 15 is 0 Å². The summed E-state index contributed by atoms with van der Waals surface area (Å²) in [6.07, 6.45) is 0. The summed E-state index contributed by atoms with van der Waals surface area (Å²) in [4.78, 5) is 7.65. The number of para-hydroxylation sites is 1. The van der Waals surface area contributed by atoms with Crippen molar-refractivity contribution in [3.05, 3.63) is 60.2 Å². The number of rotatable bonds is 3. The molecule has 7 heteroatoms. The van der Waals surface area contributed by atoms with Crippen LogP contribution in [0.15, 0.2) is 54.6 Å². The highest BCUT2D eigenvalue weighted by Crippen LogP contribution is 2.41. The van der Waals surface area contributed by atoms with Crippen LogP contribution < -0.4 is 11.5 Å². The normalized spacial score (nSPS) is 11.0. The van der Waals surface area contributed by atoms with Gasteiger partial charge in [0.25, 0.3) is 0 Å². The zero-order chi connectivity index (χ0) is 19.1. The first-order chi connectivity index (χ1) is 12.9. The van der Waals surface area contributed by atoms with Crippen molar-refractivity contribution in [1.29, 1.82) is 5.41 Å². The predicted molar refractivity (Wildman–Crippen MR) is 106 cm³/mol. The van der Waals surface area contributed by atoms with Crippen molar-refractivity contribution in [2.24, 2.45) is 5.73 Å². The first-order valence-corrected chi connectivity index (χ1v) is 8.19. The number of aromatic nitrogens is 2. The van der Waals surface area contributed by atoms with Gasteiger partial charge >= 0.3 is 0 Å². The molecule has 7 nitrogen and oxygen atoms in total. The number of amidine groups is 1. The Morgan fingerprint density at radius 2 is 1.74 bits per heavy atom. The predicted octanol–water partition coefficient (Wildman–Crippen LogP) is 3.17. The van der Waals surface area contributed by atoms with Gasteiger partial charge in [0.05, 0.1) is 16.6 Å². The number of imidazole rings is 1. The molecule has 0 unspecified atom stereocenters. The van der Waals surface area contributed by atoms with Crippen molar-refractivity contribution in [3.8, 4) is 34.0 Å². The van der Waals surface area contributed by atoms with Gasteiger partial charge in [0.2, 0.25) is 0 Å². The summed E-state index contributed by atoms with van der Waals surface area (Å²) in [6.45, 7) is 0. The third-order valence-corrected chi connectivity index (χ3v) is 4.39. The Morgan fingerprint density at radius 3 is 2.52 bits per heavy atom. The number of nitrogens with one attached hydrogen (secondary N) is 2. The summed E-state index contributed by atoms with van der Waals surface area (Å²) < 4.78 is 0. The van der Waals surface area contributed by atoms with Crippen molar-refractivity contribution in [1.82, 2.24) is 9.97 Å². The van der Waals surface area contributed by atoms with E-state index in [0.717, 1.165) is 0 Å². The second-order valence-electron chi connectivity index (χ2n) is 6.21. The van der Waals surface area contributed by atoms with E-state index in [-0.39, 0.29) is 17.3 Å². The molecule has 1 aromatic heterocycles. The number of hydrogen-bond donors (Lipinski definition) is 6. The number of anilines is 1. The Hall–Kier alpha value is -4.00. The molecule has 0 saturated heterocycles. The highest BCUT2D eigenvalue weighted by Gasteiger charge is 2.16. The lowest BCUT2D eigenvalue weighted by Crippen LogP contribution is -2.10. The lowest BCUT2D eigenvalue weighted by molar-refractivity contribution is 0.470. The number of fused-ring (bicyclic) bond motifs is 1. The molecule has 134 valence electrons. The number of nitrogens with two attached hydrogens (primary N) is 2. The van der Waals surface area contributed by atoms with E-state index < -0.39 is 0 Å². The number of nitrogen functional groups attached to an aromatic ring is 2. The third-order valence-electron chi connectivity index (χ3n) is 4.39. The highest BCUT2D eigenvalue weighted by molar-refractivity contribution is 5.98. The number of phenolic OH excluding ortho intramolecular Hbond substituents is 2. The third kappa shape index (κ3) is 2.81. The van der Waals surface area contributed by atoms with Gasteiger partial charge in [0.1, 0.15) is 23.2 Å². The molecular formula is C20H17N5O2. The maximum atomic E-state index is 10.8. The van der Waals surface area contributed by atoms with Crippen LogP contribution in [-0.2, 0) is 0 Å². The van der Waals surface area contributed by atoms with Gasteiger partial charge in [-0.3, -0.25) is 5.41 Å². The van der Waals surface area contributed by atoms with Crippen LogP contribution in [0.2, 0.25) is 0 Å². The minimum atomic E-state index is -0.0324. The van der Waals surface area contributed by atoms with Gasteiger partial charge in [-0.15, -0.1) is 0 Å². The molecule has 0 amide bonds. The first kappa shape index (κ1) is 16.5. The van der Waals surface area contributed by atoms with Crippen LogP contribution in [-0.4, -0.2) is 26.0 Å². The molecule has 0 saturated carbocycles. The number of H-pyrrole nitrogens is 1. The topological polar surface area (TPSA) is 145 Å². The fourth-order valence-electron chi connectivity index (χ4n) is 3.03. The van der Waals surface area contributed by atoms with E-state index in [4.69, 9.17) is 16.9 Å². The van der Waals surface area contributed by atoms with Gasteiger partial charge in [0, 0.05) is 22.4 Å². The Morgan fingerprint density at radius 1 is 0.963 bits per heavy atom. The van der Waals surface area contributed by atoms with E-state index in [1.165, 1.54) is 6.07 Å². The van der Waals surface area contributed by atoms with Crippen LogP contribution in [0, 0.1) is 5.41 Å². The van der Waals surface area contributed by atoms with Gasteiger partial charge in [-0.25, -0.2) is 4.98 Å². The SMILES string of the molecule is N=C(N)c1ccc2nc(-c3cccc(-c4cc(N)ccc4O)c3O)[nH]c2c1. The van der Waals surface area contributed by atoms with E-state index in [2.05, 4.69) is 9.97 Å². The number of nitrogens with zero attached hydrogens (tertiary/aromatic N) is 1. The lowest BCUT2D eigenvalue weighted by atomic mass is 9.99. The molecule has 0 atom stereocenters. The molecule has 1 heterocycles. The summed E-state index contributed by atoms with van der Waals surface area (Å²) in [7, 11) is 0. The molecule has 27 heavy (non-hydrogen) atoms. The fourth-order valence-corrected chi connectivity index (χ4v) is 3.03. The molecule has 0 bridgehead atoms. The Labute approximate surface area is 154 Å². The molecule has 0 aliphatic rings. The summed E-state index contributed by atoms with van der Waals surface area (Å²) in [5.74, 6) is 0.431. The summed E-state index contributed by atoms with van der Waals surface area (Å²) >= 11 is 0. The highest BCUT2D eigenvalue weighted by atomic mass is 16.3. The monoisotopic (exact) mass is 359 g/mol. The first-order valence-electron chi connectivity index (χ1n) is 8.19. The Kier molecular flexibility index (Phi) is 3.70. The minimum absolute atomic E-state index is 0.0207. The van der Waals surface area contributed by atoms with Gasteiger partial charge in [-0.2, -0.15) is 0 Å².